The van der Waals surface area contributed by atoms with E-state index in [1.165, 1.54) is 16.8 Å². The first kappa shape index (κ1) is 19.1. The minimum absolute atomic E-state index is 0.0428. The minimum atomic E-state index is -2.01. The molecule has 0 spiro atoms. The molecule has 0 saturated carbocycles. The molecule has 1 saturated heterocycles. The van der Waals surface area contributed by atoms with Crippen LogP contribution >= 0.6 is 0 Å². The lowest BCUT2D eigenvalue weighted by Crippen LogP contribution is -2.53. The van der Waals surface area contributed by atoms with Crippen LogP contribution in [0.3, 0.4) is 0 Å². The molecule has 2 heterocycles. The second-order valence-electron chi connectivity index (χ2n) is 7.31. The Kier molecular flexibility index (Phi) is 5.34. The van der Waals surface area contributed by atoms with Gasteiger partial charge in [-0.1, -0.05) is 0 Å². The van der Waals surface area contributed by atoms with E-state index in [9.17, 15) is 9.59 Å². The zero-order valence-corrected chi connectivity index (χ0v) is 15.3. The second-order valence-corrected chi connectivity index (χ2v) is 7.31. The van der Waals surface area contributed by atoms with E-state index in [1.807, 2.05) is 0 Å². The Labute approximate surface area is 146 Å². The molecule has 1 aromatic heterocycles. The molecule has 1 aliphatic heterocycles. The van der Waals surface area contributed by atoms with Crippen LogP contribution in [-0.2, 0) is 16.1 Å². The van der Waals surface area contributed by atoms with Crippen molar-refractivity contribution in [3.63, 3.8) is 0 Å². The van der Waals surface area contributed by atoms with Crippen LogP contribution in [0.5, 0.6) is 0 Å². The molecule has 1 aliphatic rings. The standard InChI is InChI=1S/C16H25FN4O4/c1-11-18-19-12(24-11)10-20(5)13(22)16(17)6-8-21(9-7-16)14(23)25-15(2,3)4/h6-10H2,1-5H3. The summed E-state index contributed by atoms with van der Waals surface area (Å²) in [6.45, 7) is 7.25. The summed E-state index contributed by atoms with van der Waals surface area (Å²) in [7, 11) is 1.49. The summed E-state index contributed by atoms with van der Waals surface area (Å²) in [5.74, 6) is -0.00758. The van der Waals surface area contributed by atoms with Gasteiger partial charge < -0.3 is 19.0 Å². The predicted molar refractivity (Wildman–Crippen MR) is 86.4 cm³/mol. The Bertz CT molecular complexity index is 632. The molecule has 0 atom stereocenters. The van der Waals surface area contributed by atoms with Crippen molar-refractivity contribution in [2.75, 3.05) is 20.1 Å². The third kappa shape index (κ3) is 4.90. The van der Waals surface area contributed by atoms with E-state index >= 15 is 4.39 Å². The lowest BCUT2D eigenvalue weighted by Gasteiger charge is -2.37. The number of carbonyl (C=O) groups is 2. The first-order valence-corrected chi connectivity index (χ1v) is 8.21. The molecule has 8 nitrogen and oxygen atoms in total. The van der Waals surface area contributed by atoms with Crippen LogP contribution < -0.4 is 0 Å². The number of ether oxygens (including phenoxy) is 1. The van der Waals surface area contributed by atoms with Crippen LogP contribution in [0.1, 0.15) is 45.4 Å². The fraction of sp³-hybridized carbons (Fsp3) is 0.750. The average molecular weight is 356 g/mol. The molecule has 2 rings (SSSR count). The number of rotatable bonds is 3. The zero-order chi connectivity index (χ0) is 18.8. The number of aryl methyl sites for hydroxylation is 1. The van der Waals surface area contributed by atoms with E-state index in [2.05, 4.69) is 10.2 Å². The highest BCUT2D eigenvalue weighted by Gasteiger charge is 2.45. The van der Waals surface area contributed by atoms with Crippen molar-refractivity contribution < 1.29 is 23.1 Å². The van der Waals surface area contributed by atoms with Crippen LogP contribution in [0.25, 0.3) is 0 Å². The van der Waals surface area contributed by atoms with Crippen LogP contribution in [0.4, 0.5) is 9.18 Å². The Balaban J connectivity index is 1.92. The second kappa shape index (κ2) is 6.97. The Morgan fingerprint density at radius 2 is 1.92 bits per heavy atom. The minimum Gasteiger partial charge on any atom is -0.444 e. The number of nitrogens with zero attached hydrogens (tertiary/aromatic N) is 4. The van der Waals surface area contributed by atoms with Crippen LogP contribution in [0.15, 0.2) is 4.42 Å². The summed E-state index contributed by atoms with van der Waals surface area (Å²) in [6.07, 6.45) is -0.631. The molecule has 0 aliphatic carbocycles. The normalized spacial score (nSPS) is 17.3. The summed E-state index contributed by atoms with van der Waals surface area (Å²) in [5.41, 5.74) is -2.62. The highest BCUT2D eigenvalue weighted by atomic mass is 19.1. The van der Waals surface area contributed by atoms with Crippen molar-refractivity contribution in [3.05, 3.63) is 11.8 Å². The Morgan fingerprint density at radius 1 is 1.32 bits per heavy atom. The third-order valence-corrected chi connectivity index (χ3v) is 3.88. The van der Waals surface area contributed by atoms with Gasteiger partial charge in [0.1, 0.15) is 5.60 Å². The first-order valence-electron chi connectivity index (χ1n) is 8.21. The Hall–Kier alpha value is -2.19. The largest absolute Gasteiger partial charge is 0.444 e. The average Bonchev–Trinajstić information content (AvgIpc) is 2.90. The summed E-state index contributed by atoms with van der Waals surface area (Å²) in [4.78, 5) is 27.2. The van der Waals surface area contributed by atoms with Gasteiger partial charge in [-0.15, -0.1) is 10.2 Å². The van der Waals surface area contributed by atoms with Gasteiger partial charge >= 0.3 is 6.09 Å². The SMILES string of the molecule is Cc1nnc(CN(C)C(=O)C2(F)CCN(C(=O)OC(C)(C)C)CC2)o1. The van der Waals surface area contributed by atoms with Gasteiger partial charge in [-0.3, -0.25) is 4.79 Å². The first-order chi connectivity index (χ1) is 11.5. The third-order valence-electron chi connectivity index (χ3n) is 3.88. The van der Waals surface area contributed by atoms with Gasteiger partial charge in [0, 0.05) is 39.9 Å². The molecule has 9 heteroatoms. The number of piperidine rings is 1. The van der Waals surface area contributed by atoms with Crippen molar-refractivity contribution in [2.45, 2.75) is 58.4 Å². The van der Waals surface area contributed by atoms with Gasteiger partial charge in [0.15, 0.2) is 5.67 Å². The monoisotopic (exact) mass is 356 g/mol. The number of hydrogen-bond donors (Lipinski definition) is 0. The molecule has 140 valence electrons. The van der Waals surface area contributed by atoms with E-state index in [0.717, 1.165) is 0 Å². The van der Waals surface area contributed by atoms with Crippen molar-refractivity contribution >= 4 is 12.0 Å². The number of carbonyl (C=O) groups excluding carboxylic acids is 2. The van der Waals surface area contributed by atoms with Crippen molar-refractivity contribution in [1.29, 1.82) is 0 Å². The van der Waals surface area contributed by atoms with Crippen LogP contribution in [-0.4, -0.2) is 63.4 Å². The molecule has 0 unspecified atom stereocenters. The number of hydrogen-bond acceptors (Lipinski definition) is 6. The maximum absolute atomic E-state index is 15.1. The number of aromatic nitrogens is 2. The fourth-order valence-corrected chi connectivity index (χ4v) is 2.60. The van der Waals surface area contributed by atoms with Gasteiger partial charge in [0.05, 0.1) is 6.54 Å². The molecule has 0 aromatic carbocycles. The topological polar surface area (TPSA) is 88.8 Å². The lowest BCUT2D eigenvalue weighted by molar-refractivity contribution is -0.146. The summed E-state index contributed by atoms with van der Waals surface area (Å²) in [5, 5.41) is 7.48. The summed E-state index contributed by atoms with van der Waals surface area (Å²) < 4.78 is 25.6. The van der Waals surface area contributed by atoms with Crippen LogP contribution in [0, 0.1) is 6.92 Å². The molecule has 25 heavy (non-hydrogen) atoms. The molecular formula is C16H25FN4O4. The summed E-state index contributed by atoms with van der Waals surface area (Å²) in [6, 6.07) is 0. The molecule has 1 aromatic rings. The van der Waals surface area contributed by atoms with Crippen LogP contribution in [0.2, 0.25) is 0 Å². The maximum atomic E-state index is 15.1. The van der Waals surface area contributed by atoms with E-state index < -0.39 is 23.3 Å². The van der Waals surface area contributed by atoms with E-state index in [4.69, 9.17) is 9.15 Å². The molecule has 1 fully saturated rings. The quantitative estimate of drug-likeness (QED) is 0.824. The van der Waals surface area contributed by atoms with Crippen molar-refractivity contribution in [2.24, 2.45) is 0 Å². The summed E-state index contributed by atoms with van der Waals surface area (Å²) >= 11 is 0. The predicted octanol–water partition coefficient (Wildman–Crippen LogP) is 2.08. The molecule has 0 N–H and O–H groups in total. The highest BCUT2D eigenvalue weighted by molar-refractivity contribution is 5.85. The fourth-order valence-electron chi connectivity index (χ4n) is 2.60. The van der Waals surface area contributed by atoms with E-state index in [-0.39, 0.29) is 38.4 Å². The number of halogens is 1. The number of amides is 2. The van der Waals surface area contributed by atoms with Gasteiger partial charge in [-0.2, -0.15) is 0 Å². The molecule has 0 radical (unpaired) electrons. The highest BCUT2D eigenvalue weighted by Crippen LogP contribution is 2.29. The molecular weight excluding hydrogens is 331 g/mol. The maximum Gasteiger partial charge on any atom is 0.410 e. The number of likely N-dealkylation sites (tertiary alicyclic amines) is 1. The molecule has 0 bridgehead atoms. The van der Waals surface area contributed by atoms with Crippen molar-refractivity contribution in [1.82, 2.24) is 20.0 Å². The van der Waals surface area contributed by atoms with E-state index in [1.54, 1.807) is 27.7 Å². The van der Waals surface area contributed by atoms with Crippen molar-refractivity contribution in [3.8, 4) is 0 Å². The van der Waals surface area contributed by atoms with Gasteiger partial charge in [-0.05, 0) is 20.8 Å². The van der Waals surface area contributed by atoms with Gasteiger partial charge in [-0.25, -0.2) is 9.18 Å². The smallest absolute Gasteiger partial charge is 0.410 e. The van der Waals surface area contributed by atoms with Gasteiger partial charge in [0.25, 0.3) is 5.91 Å². The zero-order valence-electron chi connectivity index (χ0n) is 15.3. The van der Waals surface area contributed by atoms with E-state index in [0.29, 0.717) is 5.89 Å². The Morgan fingerprint density at radius 3 is 2.40 bits per heavy atom. The lowest BCUT2D eigenvalue weighted by atomic mass is 9.92. The van der Waals surface area contributed by atoms with Gasteiger partial charge in [0.2, 0.25) is 11.8 Å². The number of alkyl halides is 1. The molecule has 2 amide bonds.